The van der Waals surface area contributed by atoms with Crippen molar-refractivity contribution in [3.8, 4) is 0 Å². The summed E-state index contributed by atoms with van der Waals surface area (Å²) < 4.78 is 9.44. The lowest BCUT2D eigenvalue weighted by Gasteiger charge is -2.24. The third-order valence-electron chi connectivity index (χ3n) is 7.31. The molecule has 1 aliphatic heterocycles. The van der Waals surface area contributed by atoms with Crippen LogP contribution in [0, 0.1) is 10.1 Å². The molecule has 0 saturated heterocycles. The molecular formula is C32H25ClN4O5S. The Morgan fingerprint density at radius 1 is 1.12 bits per heavy atom. The number of nitro benzene ring substituents is 1. The summed E-state index contributed by atoms with van der Waals surface area (Å²) in [6.07, 6.45) is 3.82. The Morgan fingerprint density at radius 3 is 2.53 bits per heavy atom. The monoisotopic (exact) mass is 612 g/mol. The molecule has 3 aromatic carbocycles. The number of nitrogens with zero attached hydrogens (tertiary/aromatic N) is 4. The molecule has 0 radical (unpaired) electrons. The Bertz CT molecular complexity index is 2110. The third kappa shape index (κ3) is 5.31. The molecule has 5 aromatic rings. The Morgan fingerprint density at radius 2 is 1.84 bits per heavy atom. The fourth-order valence-corrected chi connectivity index (χ4v) is 6.50. The molecule has 6 rings (SSSR count). The van der Waals surface area contributed by atoms with Gasteiger partial charge in [0.25, 0.3) is 11.2 Å². The zero-order valence-electron chi connectivity index (χ0n) is 23.2. The number of ether oxygens (including phenoxy) is 1. The summed E-state index contributed by atoms with van der Waals surface area (Å²) >= 11 is 7.41. The maximum atomic E-state index is 14.0. The highest BCUT2D eigenvalue weighted by molar-refractivity contribution is 7.07. The zero-order chi connectivity index (χ0) is 30.2. The van der Waals surface area contributed by atoms with Gasteiger partial charge in [0.15, 0.2) is 4.80 Å². The van der Waals surface area contributed by atoms with Crippen LogP contribution < -0.4 is 14.9 Å². The number of hydrogen-bond acceptors (Lipinski definition) is 7. The number of hydrogen-bond donors (Lipinski definition) is 0. The van der Waals surface area contributed by atoms with E-state index in [4.69, 9.17) is 16.3 Å². The third-order valence-corrected chi connectivity index (χ3v) is 8.54. The summed E-state index contributed by atoms with van der Waals surface area (Å²) in [4.78, 5) is 42.9. The minimum absolute atomic E-state index is 0.0374. The van der Waals surface area contributed by atoms with E-state index in [1.165, 1.54) is 23.5 Å². The molecule has 0 spiro atoms. The largest absolute Gasteiger partial charge is 0.463 e. The summed E-state index contributed by atoms with van der Waals surface area (Å²) in [5, 5.41) is 12.6. The Labute approximate surface area is 254 Å². The molecule has 3 heterocycles. The molecule has 1 atom stereocenters. The van der Waals surface area contributed by atoms with Gasteiger partial charge >= 0.3 is 5.97 Å². The van der Waals surface area contributed by atoms with E-state index in [-0.39, 0.29) is 17.9 Å². The summed E-state index contributed by atoms with van der Waals surface area (Å²) in [7, 11) is 0. The summed E-state index contributed by atoms with van der Waals surface area (Å²) in [5.74, 6) is -0.521. The van der Waals surface area contributed by atoms with Gasteiger partial charge < -0.3 is 9.30 Å². The van der Waals surface area contributed by atoms with Gasteiger partial charge in [-0.15, -0.1) is 0 Å². The first-order chi connectivity index (χ1) is 20.7. The number of thiazole rings is 1. The maximum Gasteiger partial charge on any atom is 0.338 e. The van der Waals surface area contributed by atoms with Gasteiger partial charge in [-0.1, -0.05) is 65.4 Å². The van der Waals surface area contributed by atoms with Gasteiger partial charge in [0.2, 0.25) is 0 Å². The minimum atomic E-state index is -0.724. The molecule has 0 aliphatic carbocycles. The number of halogens is 1. The van der Waals surface area contributed by atoms with Gasteiger partial charge in [0.05, 0.1) is 33.4 Å². The van der Waals surface area contributed by atoms with Crippen molar-refractivity contribution < 1.29 is 14.5 Å². The van der Waals surface area contributed by atoms with E-state index in [0.29, 0.717) is 37.7 Å². The molecule has 216 valence electrons. The van der Waals surface area contributed by atoms with Gasteiger partial charge in [-0.05, 0) is 49.2 Å². The molecule has 1 aliphatic rings. The first kappa shape index (κ1) is 28.3. The van der Waals surface area contributed by atoms with Gasteiger partial charge in [-0.3, -0.25) is 19.5 Å². The van der Waals surface area contributed by atoms with Gasteiger partial charge in [-0.25, -0.2) is 9.79 Å². The number of allylic oxidation sites excluding steroid dienone is 1. The van der Waals surface area contributed by atoms with E-state index in [2.05, 4.69) is 9.56 Å². The van der Waals surface area contributed by atoms with Crippen LogP contribution in [0.25, 0.3) is 17.0 Å². The Hall–Kier alpha value is -4.80. The number of fused-ring (bicyclic) bond motifs is 2. The first-order valence-electron chi connectivity index (χ1n) is 13.5. The zero-order valence-corrected chi connectivity index (χ0v) is 24.8. The number of carbonyl (C=O) groups excluding carboxylic acids is 1. The molecule has 0 amide bonds. The van der Waals surface area contributed by atoms with Crippen LogP contribution in [0.5, 0.6) is 0 Å². The summed E-state index contributed by atoms with van der Waals surface area (Å²) in [6, 6.07) is 20.7. The predicted molar refractivity (Wildman–Crippen MR) is 166 cm³/mol. The molecule has 9 nitrogen and oxygen atoms in total. The fraction of sp³-hybridized carbons (Fsp3) is 0.156. The van der Waals surface area contributed by atoms with Crippen LogP contribution in [0.1, 0.15) is 36.6 Å². The number of benzene rings is 3. The van der Waals surface area contributed by atoms with Crippen molar-refractivity contribution in [3.05, 3.63) is 142 Å². The van der Waals surface area contributed by atoms with E-state index in [0.717, 1.165) is 22.0 Å². The van der Waals surface area contributed by atoms with Crippen LogP contribution in [-0.4, -0.2) is 26.6 Å². The average molecular weight is 613 g/mol. The highest BCUT2D eigenvalue weighted by atomic mass is 35.5. The fourth-order valence-electron chi connectivity index (χ4n) is 5.33. The molecule has 0 saturated carbocycles. The molecule has 2 aromatic heterocycles. The number of esters is 1. The molecule has 0 N–H and O–H groups in total. The number of para-hydroxylation sites is 1. The van der Waals surface area contributed by atoms with Crippen LogP contribution in [0.4, 0.5) is 5.69 Å². The van der Waals surface area contributed by atoms with Crippen molar-refractivity contribution in [2.75, 3.05) is 6.61 Å². The van der Waals surface area contributed by atoms with Crippen LogP contribution in [0.15, 0.2) is 100 Å². The summed E-state index contributed by atoms with van der Waals surface area (Å²) in [5.41, 5.74) is 3.98. The quantitative estimate of drug-likeness (QED) is 0.140. The SMILES string of the molecule is CCOC(=O)C1=C(C)N=c2sc(=Cc3cn(Cc4ccc([N+](=O)[O-])cc4)c4ccccc34)c(=O)n2C1c1ccc(Cl)cc1. The highest BCUT2D eigenvalue weighted by Crippen LogP contribution is 2.31. The van der Waals surface area contributed by atoms with E-state index in [1.807, 2.05) is 36.5 Å². The average Bonchev–Trinajstić information content (AvgIpc) is 3.49. The molecule has 11 heteroatoms. The lowest BCUT2D eigenvalue weighted by atomic mass is 9.96. The maximum absolute atomic E-state index is 14.0. The van der Waals surface area contributed by atoms with Gasteiger partial charge in [-0.2, -0.15) is 0 Å². The molecule has 0 bridgehead atoms. The molecule has 1 unspecified atom stereocenters. The van der Waals surface area contributed by atoms with Crippen LogP contribution in [0.3, 0.4) is 0 Å². The number of carbonyl (C=O) groups is 1. The van der Waals surface area contributed by atoms with E-state index < -0.39 is 16.9 Å². The standard InChI is InChI=1S/C32H25ClN4O5S/c1-3-42-31(39)28-19(2)34-32-36(29(28)21-10-12-23(33)13-11-21)30(38)27(43-32)16-22-18-35(26-7-5-4-6-25(22)26)17-20-8-14-24(15-9-20)37(40)41/h4-16,18,29H,3,17H2,1-2H3. The van der Waals surface area contributed by atoms with Crippen molar-refractivity contribution in [1.82, 2.24) is 9.13 Å². The van der Waals surface area contributed by atoms with Gasteiger partial charge in [0.1, 0.15) is 0 Å². The lowest BCUT2D eigenvalue weighted by Crippen LogP contribution is -2.39. The lowest BCUT2D eigenvalue weighted by molar-refractivity contribution is -0.384. The van der Waals surface area contributed by atoms with Crippen LogP contribution in [0.2, 0.25) is 5.02 Å². The van der Waals surface area contributed by atoms with Gasteiger partial charge in [0, 0.05) is 46.4 Å². The first-order valence-corrected chi connectivity index (χ1v) is 14.7. The van der Waals surface area contributed by atoms with Crippen molar-refractivity contribution >= 4 is 51.6 Å². The van der Waals surface area contributed by atoms with Crippen molar-refractivity contribution in [1.29, 1.82) is 0 Å². The number of nitro groups is 1. The number of non-ortho nitro benzene ring substituents is 1. The van der Waals surface area contributed by atoms with Crippen LogP contribution >= 0.6 is 22.9 Å². The van der Waals surface area contributed by atoms with Crippen molar-refractivity contribution in [2.24, 2.45) is 4.99 Å². The number of aromatic nitrogens is 2. The van der Waals surface area contributed by atoms with E-state index in [9.17, 15) is 19.7 Å². The topological polar surface area (TPSA) is 109 Å². The van der Waals surface area contributed by atoms with E-state index >= 15 is 0 Å². The minimum Gasteiger partial charge on any atom is -0.463 e. The Balaban J connectivity index is 1.48. The smallest absolute Gasteiger partial charge is 0.338 e. The van der Waals surface area contributed by atoms with Crippen molar-refractivity contribution in [3.63, 3.8) is 0 Å². The summed E-state index contributed by atoms with van der Waals surface area (Å²) in [6.45, 7) is 4.17. The highest BCUT2D eigenvalue weighted by Gasteiger charge is 2.33. The van der Waals surface area contributed by atoms with Crippen molar-refractivity contribution in [2.45, 2.75) is 26.4 Å². The molecule has 0 fully saturated rings. The second kappa shape index (κ2) is 11.5. The molecular weight excluding hydrogens is 588 g/mol. The number of rotatable bonds is 7. The predicted octanol–water partition coefficient (Wildman–Crippen LogP) is 5.36. The van der Waals surface area contributed by atoms with Crippen LogP contribution in [-0.2, 0) is 16.1 Å². The second-order valence-corrected chi connectivity index (χ2v) is 11.5. The van der Waals surface area contributed by atoms with E-state index in [1.54, 1.807) is 54.8 Å². The normalized spacial score (nSPS) is 15.0. The molecule has 43 heavy (non-hydrogen) atoms. The Kier molecular flexibility index (Phi) is 7.55. The second-order valence-electron chi connectivity index (χ2n) is 10.0.